The number of esters is 3. The van der Waals surface area contributed by atoms with Crippen molar-refractivity contribution in [3.63, 3.8) is 0 Å². The average Bonchev–Trinajstić information content (AvgIpc) is 2.76. The number of benzene rings is 1. The van der Waals surface area contributed by atoms with E-state index in [1.54, 1.807) is 6.92 Å². The van der Waals surface area contributed by atoms with E-state index in [0.717, 1.165) is 5.56 Å². The highest BCUT2D eigenvalue weighted by Gasteiger charge is 2.42. The SMILES string of the molecule is C#CCOC(=O)CC(C(=O)OCC#C)C(OS(=O)(=O)c1ccc(C)cc1)C(=O)OCC#C. The molecule has 0 saturated carbocycles. The molecule has 32 heavy (non-hydrogen) atoms. The number of aryl methyl sites for hydroxylation is 1. The van der Waals surface area contributed by atoms with Crippen molar-refractivity contribution in [3.8, 4) is 37.0 Å². The van der Waals surface area contributed by atoms with Gasteiger partial charge in [-0.3, -0.25) is 13.8 Å². The number of carbonyl (C=O) groups excluding carboxylic acids is 3. The predicted molar refractivity (Wildman–Crippen MR) is 111 cm³/mol. The zero-order chi connectivity index (χ0) is 24.1. The number of hydrogen-bond acceptors (Lipinski definition) is 9. The van der Waals surface area contributed by atoms with Gasteiger partial charge in [0.25, 0.3) is 10.1 Å². The molecule has 0 fully saturated rings. The van der Waals surface area contributed by atoms with Gasteiger partial charge < -0.3 is 14.2 Å². The van der Waals surface area contributed by atoms with E-state index < -0.39 is 66.3 Å². The van der Waals surface area contributed by atoms with Crippen molar-refractivity contribution in [1.29, 1.82) is 0 Å². The van der Waals surface area contributed by atoms with Crippen molar-refractivity contribution < 1.29 is 41.2 Å². The van der Waals surface area contributed by atoms with Crippen LogP contribution in [0.25, 0.3) is 0 Å². The fraction of sp³-hybridized carbons (Fsp3) is 0.318. The maximum atomic E-state index is 12.7. The molecule has 0 bridgehead atoms. The lowest BCUT2D eigenvalue weighted by Gasteiger charge is -2.23. The Morgan fingerprint density at radius 1 is 0.875 bits per heavy atom. The lowest BCUT2D eigenvalue weighted by atomic mass is 9.98. The van der Waals surface area contributed by atoms with E-state index in [-0.39, 0.29) is 4.90 Å². The number of terminal acetylenes is 3. The van der Waals surface area contributed by atoms with Crippen LogP contribution in [0.1, 0.15) is 12.0 Å². The smallest absolute Gasteiger partial charge is 0.338 e. The molecule has 0 amide bonds. The number of ether oxygens (including phenoxy) is 3. The van der Waals surface area contributed by atoms with Crippen LogP contribution in [0.4, 0.5) is 0 Å². The van der Waals surface area contributed by atoms with Gasteiger partial charge in [0.1, 0.15) is 5.92 Å². The molecule has 0 radical (unpaired) electrons. The van der Waals surface area contributed by atoms with Crippen LogP contribution in [0.5, 0.6) is 0 Å². The van der Waals surface area contributed by atoms with Crippen molar-refractivity contribution in [3.05, 3.63) is 29.8 Å². The molecule has 9 nitrogen and oxygen atoms in total. The van der Waals surface area contributed by atoms with E-state index in [9.17, 15) is 22.8 Å². The maximum absolute atomic E-state index is 12.7. The van der Waals surface area contributed by atoms with Gasteiger partial charge in [0.15, 0.2) is 25.9 Å². The first-order valence-electron chi connectivity index (χ1n) is 8.95. The van der Waals surface area contributed by atoms with Gasteiger partial charge in [-0.2, -0.15) is 8.42 Å². The molecule has 1 aromatic rings. The second-order valence-electron chi connectivity index (χ2n) is 6.08. The van der Waals surface area contributed by atoms with Gasteiger partial charge in [-0.05, 0) is 19.1 Å². The normalized spacial score (nSPS) is 12.2. The molecule has 1 rings (SSSR count). The van der Waals surface area contributed by atoms with Gasteiger partial charge in [0.05, 0.1) is 11.3 Å². The van der Waals surface area contributed by atoms with Gasteiger partial charge in [-0.25, -0.2) is 4.79 Å². The summed E-state index contributed by atoms with van der Waals surface area (Å²) in [6.45, 7) is 0.263. The quantitative estimate of drug-likeness (QED) is 0.202. The molecule has 0 saturated heterocycles. The Kier molecular flexibility index (Phi) is 10.5. The fourth-order valence-electron chi connectivity index (χ4n) is 2.26. The first-order valence-corrected chi connectivity index (χ1v) is 10.4. The Labute approximate surface area is 186 Å². The van der Waals surface area contributed by atoms with Crippen LogP contribution >= 0.6 is 0 Å². The van der Waals surface area contributed by atoms with Crippen LogP contribution in [0.2, 0.25) is 0 Å². The van der Waals surface area contributed by atoms with E-state index in [2.05, 4.69) is 5.92 Å². The highest BCUT2D eigenvalue weighted by molar-refractivity contribution is 7.86. The third kappa shape index (κ3) is 8.16. The van der Waals surface area contributed by atoms with Gasteiger partial charge >= 0.3 is 17.9 Å². The molecule has 168 valence electrons. The molecular formula is C22H20O9S. The largest absolute Gasteiger partial charge is 0.452 e. The lowest BCUT2D eigenvalue weighted by Crippen LogP contribution is -2.42. The van der Waals surface area contributed by atoms with Crippen molar-refractivity contribution in [2.24, 2.45) is 5.92 Å². The molecule has 0 aliphatic heterocycles. The van der Waals surface area contributed by atoms with E-state index in [1.165, 1.54) is 24.3 Å². The molecular weight excluding hydrogens is 440 g/mol. The lowest BCUT2D eigenvalue weighted by molar-refractivity contribution is -0.166. The van der Waals surface area contributed by atoms with Crippen LogP contribution in [-0.4, -0.2) is 52.3 Å². The van der Waals surface area contributed by atoms with Crippen LogP contribution in [0.15, 0.2) is 29.2 Å². The number of rotatable bonds is 11. The highest BCUT2D eigenvalue weighted by Crippen LogP contribution is 2.23. The van der Waals surface area contributed by atoms with E-state index >= 15 is 0 Å². The van der Waals surface area contributed by atoms with Gasteiger partial charge in [0.2, 0.25) is 0 Å². The van der Waals surface area contributed by atoms with Crippen LogP contribution in [0.3, 0.4) is 0 Å². The third-order valence-corrected chi connectivity index (χ3v) is 5.05. The zero-order valence-corrected chi connectivity index (χ0v) is 17.9. The summed E-state index contributed by atoms with van der Waals surface area (Å²) < 4.78 is 44.7. The van der Waals surface area contributed by atoms with Crippen molar-refractivity contribution in [2.75, 3.05) is 19.8 Å². The summed E-state index contributed by atoms with van der Waals surface area (Å²) in [6.07, 6.45) is 12.2. The van der Waals surface area contributed by atoms with E-state index in [1.807, 2.05) is 11.8 Å². The molecule has 2 unspecified atom stereocenters. The highest BCUT2D eigenvalue weighted by atomic mass is 32.2. The average molecular weight is 460 g/mol. The molecule has 2 atom stereocenters. The van der Waals surface area contributed by atoms with Crippen LogP contribution < -0.4 is 0 Å². The standard InChI is InChI=1S/C22H20O9S/c1-5-12-28-19(23)15-18(21(24)29-13-6-2)20(22(25)30-14-7-3)31-32(26,27)17-10-8-16(4)9-11-17/h1-3,8-11,18,20H,12-15H2,4H3. The minimum atomic E-state index is -4.58. The fourth-order valence-corrected chi connectivity index (χ4v) is 3.32. The second-order valence-corrected chi connectivity index (χ2v) is 7.66. The van der Waals surface area contributed by atoms with Gasteiger partial charge in [0, 0.05) is 0 Å². The number of carbonyl (C=O) groups is 3. The Morgan fingerprint density at radius 2 is 1.38 bits per heavy atom. The van der Waals surface area contributed by atoms with Crippen molar-refractivity contribution in [2.45, 2.75) is 24.3 Å². The van der Waals surface area contributed by atoms with Gasteiger partial charge in [-0.15, -0.1) is 19.3 Å². The van der Waals surface area contributed by atoms with E-state index in [4.69, 9.17) is 37.7 Å². The second kappa shape index (κ2) is 12.8. The maximum Gasteiger partial charge on any atom is 0.338 e. The summed E-state index contributed by atoms with van der Waals surface area (Å²) in [7, 11) is -4.58. The first kappa shape index (κ1) is 26.3. The minimum absolute atomic E-state index is 0.302. The Balaban J connectivity index is 3.35. The Hall–Kier alpha value is -3.78. The molecule has 0 aliphatic rings. The molecule has 0 aromatic heterocycles. The molecule has 0 aliphatic carbocycles. The van der Waals surface area contributed by atoms with Crippen LogP contribution in [0, 0.1) is 49.9 Å². The van der Waals surface area contributed by atoms with Crippen LogP contribution in [-0.2, 0) is 42.9 Å². The summed E-state index contributed by atoms with van der Waals surface area (Å²) in [4.78, 5) is 36.8. The molecule has 0 N–H and O–H groups in total. The Bertz CT molecular complexity index is 1050. The molecule has 1 aromatic carbocycles. The summed E-state index contributed by atoms with van der Waals surface area (Å²) in [5.74, 6) is 0.794. The minimum Gasteiger partial charge on any atom is -0.452 e. The monoisotopic (exact) mass is 460 g/mol. The summed E-state index contributed by atoms with van der Waals surface area (Å²) >= 11 is 0. The van der Waals surface area contributed by atoms with Gasteiger partial charge in [-0.1, -0.05) is 35.5 Å². The molecule has 10 heteroatoms. The summed E-state index contributed by atoms with van der Waals surface area (Å²) in [5, 5.41) is 0. The predicted octanol–water partition coefficient (Wildman–Crippen LogP) is 0.604. The third-order valence-electron chi connectivity index (χ3n) is 3.74. The molecule has 0 spiro atoms. The first-order chi connectivity index (χ1) is 15.2. The summed E-state index contributed by atoms with van der Waals surface area (Å²) in [5.41, 5.74) is 0.765. The summed E-state index contributed by atoms with van der Waals surface area (Å²) in [6, 6.07) is 5.47. The van der Waals surface area contributed by atoms with E-state index in [0.29, 0.717) is 0 Å². The molecule has 0 heterocycles. The Morgan fingerprint density at radius 3 is 1.91 bits per heavy atom. The van der Waals surface area contributed by atoms with Crippen molar-refractivity contribution >= 4 is 28.0 Å². The zero-order valence-electron chi connectivity index (χ0n) is 17.1. The topological polar surface area (TPSA) is 122 Å². The number of hydrogen-bond donors (Lipinski definition) is 0. The van der Waals surface area contributed by atoms with Crippen molar-refractivity contribution in [1.82, 2.24) is 0 Å².